The zero-order valence-electron chi connectivity index (χ0n) is 19.4. The van der Waals surface area contributed by atoms with Gasteiger partial charge in [0.05, 0.1) is 16.0 Å². The standard InChI is InChI=1S/C24H18F5N3O5S/c1-13-2-4-16(5-3-13)38(35,36)32-12-14(6-8-24(27,28)29)20-19(7-9-30-22(20)32)37-21-17(25)10-15(11-18(21)26)31-23(33)34/h2-5,7,9-12,31H,6,8H2,1H3,(H,33,34). The van der Waals surface area contributed by atoms with Gasteiger partial charge in [-0.25, -0.2) is 30.9 Å². The molecule has 14 heteroatoms. The molecule has 0 fully saturated rings. The summed E-state index contributed by atoms with van der Waals surface area (Å²) in [7, 11) is -4.33. The monoisotopic (exact) mass is 555 g/mol. The van der Waals surface area contributed by atoms with E-state index in [-0.39, 0.29) is 27.2 Å². The maximum Gasteiger partial charge on any atom is 0.409 e. The number of ether oxygens (including phenoxy) is 1. The van der Waals surface area contributed by atoms with Gasteiger partial charge in [-0.3, -0.25) is 5.32 Å². The summed E-state index contributed by atoms with van der Waals surface area (Å²) in [5.74, 6) is -3.98. The van der Waals surface area contributed by atoms with E-state index in [0.29, 0.717) is 16.1 Å². The molecule has 4 rings (SSSR count). The Morgan fingerprint density at radius 2 is 1.74 bits per heavy atom. The number of halogens is 5. The van der Waals surface area contributed by atoms with Gasteiger partial charge in [-0.15, -0.1) is 0 Å². The van der Waals surface area contributed by atoms with Gasteiger partial charge in [-0.05, 0) is 37.1 Å². The zero-order valence-corrected chi connectivity index (χ0v) is 20.2. The van der Waals surface area contributed by atoms with Gasteiger partial charge in [-0.1, -0.05) is 17.7 Å². The third-order valence-corrected chi connectivity index (χ3v) is 7.08. The Kier molecular flexibility index (Phi) is 7.02. The van der Waals surface area contributed by atoms with E-state index in [1.54, 1.807) is 24.4 Å². The summed E-state index contributed by atoms with van der Waals surface area (Å²) in [6.07, 6.45) is -6.10. The number of nitrogens with zero attached hydrogens (tertiary/aromatic N) is 2. The fourth-order valence-corrected chi connectivity index (χ4v) is 5.03. The van der Waals surface area contributed by atoms with E-state index in [4.69, 9.17) is 9.84 Å². The number of alkyl halides is 3. The molecule has 0 aliphatic heterocycles. The number of fused-ring (bicyclic) bond motifs is 1. The Labute approximate surface area is 212 Å². The van der Waals surface area contributed by atoms with Crippen LogP contribution in [0.4, 0.5) is 32.4 Å². The first-order chi connectivity index (χ1) is 17.8. The van der Waals surface area contributed by atoms with Crippen molar-refractivity contribution in [3.8, 4) is 11.5 Å². The van der Waals surface area contributed by atoms with Crippen molar-refractivity contribution in [1.82, 2.24) is 8.96 Å². The molecule has 0 saturated carbocycles. The lowest BCUT2D eigenvalue weighted by molar-refractivity contribution is -0.133. The topological polar surface area (TPSA) is 111 Å². The Morgan fingerprint density at radius 3 is 2.32 bits per heavy atom. The molecule has 2 N–H and O–H groups in total. The van der Waals surface area contributed by atoms with Gasteiger partial charge in [-0.2, -0.15) is 13.2 Å². The van der Waals surface area contributed by atoms with Crippen molar-refractivity contribution in [3.63, 3.8) is 0 Å². The van der Waals surface area contributed by atoms with Crippen LogP contribution in [0.25, 0.3) is 11.0 Å². The van der Waals surface area contributed by atoms with Crippen LogP contribution in [0.2, 0.25) is 0 Å². The molecule has 2 aromatic heterocycles. The molecule has 200 valence electrons. The summed E-state index contributed by atoms with van der Waals surface area (Å²) in [4.78, 5) is 14.6. The molecule has 0 spiro atoms. The second-order valence-electron chi connectivity index (χ2n) is 8.19. The van der Waals surface area contributed by atoms with Crippen molar-refractivity contribution in [3.05, 3.63) is 77.6 Å². The van der Waals surface area contributed by atoms with Gasteiger partial charge in [0.2, 0.25) is 0 Å². The first kappa shape index (κ1) is 26.9. The normalized spacial score (nSPS) is 12.1. The molecule has 0 saturated heterocycles. The summed E-state index contributed by atoms with van der Waals surface area (Å²) in [5.41, 5.74) is -0.109. The van der Waals surface area contributed by atoms with Gasteiger partial charge in [0.25, 0.3) is 10.0 Å². The summed E-state index contributed by atoms with van der Waals surface area (Å²) in [6.45, 7) is 1.74. The van der Waals surface area contributed by atoms with E-state index in [1.807, 2.05) is 0 Å². The maximum absolute atomic E-state index is 14.6. The summed E-state index contributed by atoms with van der Waals surface area (Å²) >= 11 is 0. The molecule has 4 aromatic rings. The first-order valence-corrected chi connectivity index (χ1v) is 12.2. The van der Waals surface area contributed by atoms with Crippen LogP contribution in [-0.4, -0.2) is 34.8 Å². The third kappa shape index (κ3) is 5.54. The Morgan fingerprint density at radius 1 is 1.11 bits per heavy atom. The first-order valence-electron chi connectivity index (χ1n) is 10.8. The minimum atomic E-state index is -4.58. The molecule has 2 aromatic carbocycles. The van der Waals surface area contributed by atoms with E-state index < -0.39 is 58.2 Å². The average molecular weight is 555 g/mol. The molecule has 2 heterocycles. The van der Waals surface area contributed by atoms with E-state index in [9.17, 15) is 35.2 Å². The summed E-state index contributed by atoms with van der Waals surface area (Å²) < 4.78 is 101. The van der Waals surface area contributed by atoms with Gasteiger partial charge in [0.15, 0.2) is 23.0 Å². The van der Waals surface area contributed by atoms with Crippen molar-refractivity contribution in [2.45, 2.75) is 30.8 Å². The number of carbonyl (C=O) groups is 1. The molecule has 0 atom stereocenters. The second kappa shape index (κ2) is 9.93. The number of aromatic nitrogens is 2. The van der Waals surface area contributed by atoms with E-state index >= 15 is 0 Å². The highest BCUT2D eigenvalue weighted by Gasteiger charge is 2.30. The molecular formula is C24H18F5N3O5S. The smallest absolute Gasteiger partial charge is 0.409 e. The van der Waals surface area contributed by atoms with Crippen LogP contribution in [0, 0.1) is 18.6 Å². The second-order valence-corrected chi connectivity index (χ2v) is 10.0. The number of rotatable bonds is 7. The Balaban J connectivity index is 1.87. The largest absolute Gasteiger partial charge is 0.465 e. The molecule has 0 unspecified atom stereocenters. The molecule has 8 nitrogen and oxygen atoms in total. The lowest BCUT2D eigenvalue weighted by atomic mass is 10.1. The number of pyridine rings is 1. The van der Waals surface area contributed by atoms with Crippen molar-refractivity contribution in [2.75, 3.05) is 5.32 Å². The van der Waals surface area contributed by atoms with Crippen molar-refractivity contribution < 1.29 is 45.0 Å². The van der Waals surface area contributed by atoms with Gasteiger partial charge in [0, 0.05) is 30.9 Å². The summed E-state index contributed by atoms with van der Waals surface area (Å²) in [5, 5.41) is 10.3. The van der Waals surface area contributed by atoms with Crippen LogP contribution in [0.3, 0.4) is 0 Å². The molecule has 0 radical (unpaired) electrons. The fraction of sp³-hybridized carbons (Fsp3) is 0.167. The lowest BCUT2D eigenvalue weighted by Gasteiger charge is -2.12. The number of nitrogens with one attached hydrogen (secondary N) is 1. The van der Waals surface area contributed by atoms with Crippen molar-refractivity contribution in [2.24, 2.45) is 0 Å². The maximum atomic E-state index is 14.6. The number of hydrogen-bond donors (Lipinski definition) is 2. The van der Waals surface area contributed by atoms with Gasteiger partial charge in [0.1, 0.15) is 5.75 Å². The van der Waals surface area contributed by atoms with E-state index in [1.165, 1.54) is 12.1 Å². The van der Waals surface area contributed by atoms with Crippen LogP contribution in [0.1, 0.15) is 17.5 Å². The molecular weight excluding hydrogens is 537 g/mol. The number of anilines is 1. The van der Waals surface area contributed by atoms with Crippen LogP contribution in [0.5, 0.6) is 11.5 Å². The number of hydrogen-bond acceptors (Lipinski definition) is 5. The van der Waals surface area contributed by atoms with E-state index in [2.05, 4.69) is 4.98 Å². The Bertz CT molecular complexity index is 1610. The van der Waals surface area contributed by atoms with Crippen molar-refractivity contribution in [1.29, 1.82) is 0 Å². The molecule has 1 amide bonds. The third-order valence-electron chi connectivity index (χ3n) is 5.41. The van der Waals surface area contributed by atoms with Gasteiger partial charge >= 0.3 is 12.3 Å². The van der Waals surface area contributed by atoms with Crippen LogP contribution in [0.15, 0.2) is 59.8 Å². The van der Waals surface area contributed by atoms with Crippen LogP contribution < -0.4 is 10.1 Å². The lowest BCUT2D eigenvalue weighted by Crippen LogP contribution is -2.12. The highest BCUT2D eigenvalue weighted by Crippen LogP contribution is 2.38. The van der Waals surface area contributed by atoms with Gasteiger partial charge < -0.3 is 9.84 Å². The SMILES string of the molecule is Cc1ccc(S(=O)(=O)n2cc(CCC(F)(F)F)c3c(Oc4c(F)cc(NC(=O)O)cc4F)ccnc32)cc1. The average Bonchev–Trinajstić information content (AvgIpc) is 3.20. The Hall–Kier alpha value is -4.20. The minimum absolute atomic E-state index is 0.138. The number of amides is 1. The number of benzene rings is 2. The van der Waals surface area contributed by atoms with Crippen molar-refractivity contribution >= 4 is 32.8 Å². The fourth-order valence-electron chi connectivity index (χ4n) is 3.69. The van der Waals surface area contributed by atoms with Crippen LogP contribution in [-0.2, 0) is 16.4 Å². The highest BCUT2D eigenvalue weighted by atomic mass is 32.2. The zero-order chi connectivity index (χ0) is 27.8. The minimum Gasteiger partial charge on any atom is -0.465 e. The predicted molar refractivity (Wildman–Crippen MR) is 126 cm³/mol. The molecule has 38 heavy (non-hydrogen) atoms. The quantitative estimate of drug-likeness (QED) is 0.261. The predicted octanol–water partition coefficient (Wildman–Crippen LogP) is 6.24. The van der Waals surface area contributed by atoms with E-state index in [0.717, 1.165) is 24.0 Å². The number of aryl methyl sites for hydroxylation is 2. The van der Waals surface area contributed by atoms with Crippen LogP contribution >= 0.6 is 0 Å². The number of carboxylic acid groups (broad SMARTS) is 1. The highest BCUT2D eigenvalue weighted by molar-refractivity contribution is 7.90. The molecule has 0 aliphatic rings. The molecule has 0 bridgehead atoms. The molecule has 0 aliphatic carbocycles. The summed E-state index contributed by atoms with van der Waals surface area (Å²) in [6, 6.07) is 8.13.